The molecule has 1 heterocycles. The van der Waals surface area contributed by atoms with Gasteiger partial charge >= 0.3 is 0 Å². The third-order valence-electron chi connectivity index (χ3n) is 2.33. The highest BCUT2D eigenvalue weighted by molar-refractivity contribution is 5.81. The zero-order valence-electron chi connectivity index (χ0n) is 8.26. The minimum absolute atomic E-state index is 0.000603. The fourth-order valence-corrected chi connectivity index (χ4v) is 1.45. The lowest BCUT2D eigenvalue weighted by Crippen LogP contribution is -2.52. The Balaban J connectivity index is 2.48. The molecule has 0 saturated carbocycles. The lowest BCUT2D eigenvalue weighted by molar-refractivity contribution is -0.0731. The monoisotopic (exact) mass is 203 g/mol. The first kappa shape index (κ1) is 11.2. The van der Waals surface area contributed by atoms with Gasteiger partial charge in [0.1, 0.15) is 0 Å². The number of nitrogens with zero attached hydrogens (tertiary/aromatic N) is 2. The van der Waals surface area contributed by atoms with Crippen LogP contribution >= 0.6 is 0 Å². The van der Waals surface area contributed by atoms with Crippen molar-refractivity contribution in [2.24, 2.45) is 10.9 Å². The van der Waals surface area contributed by atoms with Crippen LogP contribution in [-0.2, 0) is 4.74 Å². The number of ether oxygens (including phenoxy) is 1. The summed E-state index contributed by atoms with van der Waals surface area (Å²) in [5, 5.41) is 20.3. The molecule has 82 valence electrons. The first-order chi connectivity index (χ1) is 6.67. The van der Waals surface area contributed by atoms with Gasteiger partial charge in [-0.2, -0.15) is 0 Å². The second-order valence-electron chi connectivity index (χ2n) is 3.51. The van der Waals surface area contributed by atoms with Crippen LogP contribution in [0, 0.1) is 0 Å². The number of aliphatic hydroxyl groups is 1. The Kier molecular flexibility index (Phi) is 4.12. The van der Waals surface area contributed by atoms with Gasteiger partial charge in [-0.3, -0.25) is 4.90 Å². The molecule has 6 nitrogen and oxygen atoms in total. The summed E-state index contributed by atoms with van der Waals surface area (Å²) in [5.74, 6) is 0.176. The second-order valence-corrected chi connectivity index (χ2v) is 3.51. The molecular weight excluding hydrogens is 186 g/mol. The molecule has 2 atom stereocenters. The van der Waals surface area contributed by atoms with Crippen LogP contribution in [0.25, 0.3) is 0 Å². The molecule has 1 rings (SSSR count). The maximum absolute atomic E-state index is 8.92. The van der Waals surface area contributed by atoms with E-state index in [1.807, 2.05) is 11.8 Å². The zero-order valence-corrected chi connectivity index (χ0v) is 8.26. The van der Waals surface area contributed by atoms with Gasteiger partial charge in [-0.1, -0.05) is 5.16 Å². The molecule has 14 heavy (non-hydrogen) atoms. The molecule has 6 heteroatoms. The highest BCUT2D eigenvalue weighted by Crippen LogP contribution is 2.10. The Hall–Kier alpha value is -0.850. The molecule has 0 spiro atoms. The SMILES string of the molecule is CC1COC(CO)CN1CC(N)=NO. The zero-order chi connectivity index (χ0) is 10.6. The van der Waals surface area contributed by atoms with Crippen LogP contribution in [0.2, 0.25) is 0 Å². The van der Waals surface area contributed by atoms with E-state index in [4.69, 9.17) is 20.8 Å². The van der Waals surface area contributed by atoms with Crippen molar-refractivity contribution in [2.75, 3.05) is 26.3 Å². The lowest BCUT2D eigenvalue weighted by atomic mass is 10.2. The molecule has 1 aliphatic heterocycles. The fourth-order valence-electron chi connectivity index (χ4n) is 1.45. The summed E-state index contributed by atoms with van der Waals surface area (Å²) in [7, 11) is 0. The van der Waals surface area contributed by atoms with E-state index in [1.54, 1.807) is 0 Å². The average molecular weight is 203 g/mol. The van der Waals surface area contributed by atoms with Gasteiger partial charge < -0.3 is 20.8 Å². The van der Waals surface area contributed by atoms with Gasteiger partial charge in [0.2, 0.25) is 0 Å². The van der Waals surface area contributed by atoms with Crippen LogP contribution in [0.15, 0.2) is 5.16 Å². The van der Waals surface area contributed by atoms with E-state index in [9.17, 15) is 0 Å². The van der Waals surface area contributed by atoms with Crippen LogP contribution in [0.4, 0.5) is 0 Å². The Labute approximate surface area is 82.9 Å². The summed E-state index contributed by atoms with van der Waals surface area (Å²) in [4.78, 5) is 2.01. The molecule has 0 aliphatic carbocycles. The van der Waals surface area contributed by atoms with Crippen LogP contribution < -0.4 is 5.73 Å². The summed E-state index contributed by atoms with van der Waals surface area (Å²) in [6.07, 6.45) is -0.169. The molecule has 0 bridgehead atoms. The molecule has 4 N–H and O–H groups in total. The standard InChI is InChI=1S/C8H17N3O3/c1-6-5-14-7(4-12)2-11(6)3-8(9)10-13/h6-7,12-13H,2-5H2,1H3,(H2,9,10). The molecule has 1 fully saturated rings. The van der Waals surface area contributed by atoms with E-state index in [1.165, 1.54) is 0 Å². The van der Waals surface area contributed by atoms with Crippen LogP contribution in [0.1, 0.15) is 6.92 Å². The molecule has 0 aromatic rings. The summed E-state index contributed by atoms with van der Waals surface area (Å²) >= 11 is 0. The summed E-state index contributed by atoms with van der Waals surface area (Å²) in [6.45, 7) is 3.56. The van der Waals surface area contributed by atoms with Crippen molar-refractivity contribution >= 4 is 5.84 Å². The number of hydrogen-bond acceptors (Lipinski definition) is 5. The first-order valence-corrected chi connectivity index (χ1v) is 4.60. The minimum Gasteiger partial charge on any atom is -0.409 e. The average Bonchev–Trinajstić information content (AvgIpc) is 2.21. The molecular formula is C8H17N3O3. The van der Waals surface area contributed by atoms with Crippen LogP contribution in [0.3, 0.4) is 0 Å². The van der Waals surface area contributed by atoms with Crippen molar-refractivity contribution in [3.63, 3.8) is 0 Å². The van der Waals surface area contributed by atoms with E-state index in [-0.39, 0.29) is 24.6 Å². The quantitative estimate of drug-likeness (QED) is 0.232. The van der Waals surface area contributed by atoms with E-state index in [0.717, 1.165) is 0 Å². The summed E-state index contributed by atoms with van der Waals surface area (Å²) < 4.78 is 5.35. The van der Waals surface area contributed by atoms with Crippen LogP contribution in [-0.4, -0.2) is 59.5 Å². The number of rotatable bonds is 3. The van der Waals surface area contributed by atoms with Gasteiger partial charge in [0, 0.05) is 12.6 Å². The molecule has 1 aliphatic rings. The smallest absolute Gasteiger partial charge is 0.153 e. The minimum atomic E-state index is -0.169. The van der Waals surface area contributed by atoms with Gasteiger partial charge in [0.25, 0.3) is 0 Å². The van der Waals surface area contributed by atoms with E-state index >= 15 is 0 Å². The number of hydrogen-bond donors (Lipinski definition) is 3. The van der Waals surface area contributed by atoms with E-state index in [2.05, 4.69) is 5.16 Å². The molecule has 2 unspecified atom stereocenters. The molecule has 1 saturated heterocycles. The van der Waals surface area contributed by atoms with E-state index in [0.29, 0.717) is 19.7 Å². The predicted molar refractivity (Wildman–Crippen MR) is 51.3 cm³/mol. The van der Waals surface area contributed by atoms with Crippen molar-refractivity contribution < 1.29 is 15.1 Å². The molecule has 0 radical (unpaired) electrons. The third kappa shape index (κ3) is 2.83. The summed E-state index contributed by atoms with van der Waals surface area (Å²) in [5.41, 5.74) is 5.41. The van der Waals surface area contributed by atoms with Crippen molar-refractivity contribution in [2.45, 2.75) is 19.1 Å². The first-order valence-electron chi connectivity index (χ1n) is 4.60. The van der Waals surface area contributed by atoms with Gasteiger partial charge in [-0.05, 0) is 6.92 Å². The Morgan fingerprint density at radius 1 is 1.71 bits per heavy atom. The Bertz CT molecular complexity index is 210. The maximum atomic E-state index is 8.92. The molecule has 0 amide bonds. The normalized spacial score (nSPS) is 30.6. The maximum Gasteiger partial charge on any atom is 0.153 e. The van der Waals surface area contributed by atoms with Gasteiger partial charge in [-0.15, -0.1) is 0 Å². The van der Waals surface area contributed by atoms with Gasteiger partial charge in [0.15, 0.2) is 5.84 Å². The molecule has 0 aromatic carbocycles. The number of amidine groups is 1. The number of nitrogens with two attached hydrogens (primary N) is 1. The highest BCUT2D eigenvalue weighted by atomic mass is 16.5. The number of aliphatic hydroxyl groups excluding tert-OH is 1. The second kappa shape index (κ2) is 5.14. The van der Waals surface area contributed by atoms with Crippen molar-refractivity contribution in [3.8, 4) is 0 Å². The van der Waals surface area contributed by atoms with Crippen molar-refractivity contribution in [1.82, 2.24) is 4.90 Å². The van der Waals surface area contributed by atoms with Gasteiger partial charge in [0.05, 0.1) is 25.9 Å². The van der Waals surface area contributed by atoms with Crippen LogP contribution in [0.5, 0.6) is 0 Å². The van der Waals surface area contributed by atoms with E-state index < -0.39 is 0 Å². The largest absolute Gasteiger partial charge is 0.409 e. The number of oxime groups is 1. The highest BCUT2D eigenvalue weighted by Gasteiger charge is 2.25. The fraction of sp³-hybridized carbons (Fsp3) is 0.875. The van der Waals surface area contributed by atoms with Crippen molar-refractivity contribution in [3.05, 3.63) is 0 Å². The topological polar surface area (TPSA) is 91.3 Å². The summed E-state index contributed by atoms with van der Waals surface area (Å²) in [6, 6.07) is 0.220. The van der Waals surface area contributed by atoms with Crippen molar-refractivity contribution in [1.29, 1.82) is 0 Å². The predicted octanol–water partition coefficient (Wildman–Crippen LogP) is -1.19. The Morgan fingerprint density at radius 2 is 2.43 bits per heavy atom. The Morgan fingerprint density at radius 3 is 3.00 bits per heavy atom. The molecule has 0 aromatic heterocycles. The lowest BCUT2D eigenvalue weighted by Gasteiger charge is -2.36. The van der Waals surface area contributed by atoms with Gasteiger partial charge in [-0.25, -0.2) is 0 Å². The number of morpholine rings is 1. The third-order valence-corrected chi connectivity index (χ3v) is 2.33.